The predicted molar refractivity (Wildman–Crippen MR) is 99.9 cm³/mol. The van der Waals surface area contributed by atoms with Crippen LogP contribution in [0.25, 0.3) is 10.9 Å². The number of piperidine rings is 1. The number of benzene rings is 2. The lowest BCUT2D eigenvalue weighted by molar-refractivity contribution is 0.129. The Morgan fingerprint density at radius 2 is 1.88 bits per heavy atom. The van der Waals surface area contributed by atoms with Crippen molar-refractivity contribution in [3.63, 3.8) is 0 Å². The fraction of sp³-hybridized carbons (Fsp3) is 0.286. The standard InChI is InChI=1S/C21H20N2O3/c24-18-12-23(21-8-6-14-3-1-2-4-17(14)22-21)10-9-16(18)15-5-7-19-20(11-15)26-13-25-19/h1-8,11,16,18,24H,9-10,12-13H2/t16-,18+/m0/s1. The maximum Gasteiger partial charge on any atom is 0.231 e. The summed E-state index contributed by atoms with van der Waals surface area (Å²) in [6.45, 7) is 1.71. The highest BCUT2D eigenvalue weighted by molar-refractivity contribution is 5.80. The van der Waals surface area contributed by atoms with Gasteiger partial charge in [0, 0.05) is 24.4 Å². The van der Waals surface area contributed by atoms with E-state index in [9.17, 15) is 5.11 Å². The Bertz CT molecular complexity index is 959. The molecule has 3 aromatic rings. The summed E-state index contributed by atoms with van der Waals surface area (Å²) in [5, 5.41) is 11.9. The lowest BCUT2D eigenvalue weighted by atomic mass is 9.87. The Kier molecular flexibility index (Phi) is 3.68. The van der Waals surface area contributed by atoms with E-state index in [0.29, 0.717) is 6.54 Å². The van der Waals surface area contributed by atoms with Crippen molar-refractivity contribution in [2.75, 3.05) is 24.8 Å². The van der Waals surface area contributed by atoms with Crippen LogP contribution in [-0.2, 0) is 0 Å². The van der Waals surface area contributed by atoms with Gasteiger partial charge in [-0.2, -0.15) is 0 Å². The maximum atomic E-state index is 10.8. The van der Waals surface area contributed by atoms with Crippen LogP contribution in [0.1, 0.15) is 17.9 Å². The van der Waals surface area contributed by atoms with Crippen LogP contribution in [0, 0.1) is 0 Å². The number of fused-ring (bicyclic) bond motifs is 2. The molecule has 2 aliphatic heterocycles. The van der Waals surface area contributed by atoms with Crippen LogP contribution >= 0.6 is 0 Å². The predicted octanol–water partition coefficient (Wildman–Crippen LogP) is 3.32. The number of hydrogen-bond donors (Lipinski definition) is 1. The van der Waals surface area contributed by atoms with Crippen molar-refractivity contribution in [2.45, 2.75) is 18.4 Å². The zero-order chi connectivity index (χ0) is 17.5. The third-order valence-corrected chi connectivity index (χ3v) is 5.31. The molecule has 1 aromatic heterocycles. The molecule has 0 bridgehead atoms. The zero-order valence-electron chi connectivity index (χ0n) is 14.3. The fourth-order valence-electron chi connectivity index (χ4n) is 3.90. The number of anilines is 1. The van der Waals surface area contributed by atoms with Gasteiger partial charge in [0.1, 0.15) is 5.82 Å². The van der Waals surface area contributed by atoms with E-state index in [2.05, 4.69) is 17.0 Å². The van der Waals surface area contributed by atoms with Gasteiger partial charge in [-0.3, -0.25) is 0 Å². The molecule has 1 saturated heterocycles. The minimum Gasteiger partial charge on any atom is -0.454 e. The lowest BCUT2D eigenvalue weighted by Crippen LogP contribution is -2.43. The number of pyridine rings is 1. The number of rotatable bonds is 2. The average Bonchev–Trinajstić information content (AvgIpc) is 3.15. The summed E-state index contributed by atoms with van der Waals surface area (Å²) in [7, 11) is 0. The SMILES string of the molecule is O[C@@H]1CN(c2ccc3ccccc3n2)CC[C@H]1c1ccc2c(c1)OCO2. The van der Waals surface area contributed by atoms with E-state index in [-0.39, 0.29) is 12.7 Å². The summed E-state index contributed by atoms with van der Waals surface area (Å²) < 4.78 is 10.8. The highest BCUT2D eigenvalue weighted by Crippen LogP contribution is 2.38. The minimum absolute atomic E-state index is 0.0983. The largest absolute Gasteiger partial charge is 0.454 e. The summed E-state index contributed by atoms with van der Waals surface area (Å²) in [6.07, 6.45) is 0.423. The monoisotopic (exact) mass is 348 g/mol. The summed E-state index contributed by atoms with van der Waals surface area (Å²) in [6, 6.07) is 18.2. The molecule has 0 amide bonds. The molecule has 5 rings (SSSR count). The van der Waals surface area contributed by atoms with Crippen LogP contribution < -0.4 is 14.4 Å². The number of nitrogens with zero attached hydrogens (tertiary/aromatic N) is 2. The van der Waals surface area contributed by atoms with E-state index in [1.54, 1.807) is 0 Å². The summed E-state index contributed by atoms with van der Waals surface area (Å²) >= 11 is 0. The van der Waals surface area contributed by atoms with Gasteiger partial charge in [-0.25, -0.2) is 4.98 Å². The van der Waals surface area contributed by atoms with Crippen LogP contribution in [0.3, 0.4) is 0 Å². The number of hydrogen-bond acceptors (Lipinski definition) is 5. The van der Waals surface area contributed by atoms with Gasteiger partial charge in [0.25, 0.3) is 0 Å². The smallest absolute Gasteiger partial charge is 0.231 e. The van der Waals surface area contributed by atoms with Crippen molar-refractivity contribution < 1.29 is 14.6 Å². The van der Waals surface area contributed by atoms with Gasteiger partial charge in [0.05, 0.1) is 11.6 Å². The van der Waals surface area contributed by atoms with E-state index in [1.807, 2.05) is 42.5 Å². The lowest BCUT2D eigenvalue weighted by Gasteiger charge is -2.37. The van der Waals surface area contributed by atoms with Gasteiger partial charge in [0.15, 0.2) is 11.5 Å². The van der Waals surface area contributed by atoms with Gasteiger partial charge in [-0.1, -0.05) is 24.3 Å². The number of β-amino-alcohol motifs (C(OH)–C–C–N with tert-alkyl or cyclic N) is 1. The average molecular weight is 348 g/mol. The van der Waals surface area contributed by atoms with Crippen LogP contribution in [0.5, 0.6) is 11.5 Å². The molecule has 2 atom stereocenters. The number of ether oxygens (including phenoxy) is 2. The normalized spacial score (nSPS) is 22.0. The highest BCUT2D eigenvalue weighted by atomic mass is 16.7. The maximum absolute atomic E-state index is 10.8. The molecular formula is C21H20N2O3. The van der Waals surface area contributed by atoms with E-state index >= 15 is 0 Å². The Labute approximate surface area is 151 Å². The first-order valence-corrected chi connectivity index (χ1v) is 8.96. The van der Waals surface area contributed by atoms with Gasteiger partial charge < -0.3 is 19.5 Å². The molecule has 1 N–H and O–H groups in total. The van der Waals surface area contributed by atoms with Crippen LogP contribution in [0.2, 0.25) is 0 Å². The fourth-order valence-corrected chi connectivity index (χ4v) is 3.90. The number of aliphatic hydroxyl groups excluding tert-OH is 1. The minimum atomic E-state index is -0.447. The van der Waals surface area contributed by atoms with E-state index in [0.717, 1.165) is 46.7 Å². The molecule has 0 spiro atoms. The molecule has 0 aliphatic carbocycles. The van der Waals surface area contributed by atoms with E-state index in [4.69, 9.17) is 14.5 Å². The topological polar surface area (TPSA) is 54.8 Å². The molecule has 5 heteroatoms. The first kappa shape index (κ1) is 15.5. The number of aliphatic hydroxyl groups is 1. The van der Waals surface area contributed by atoms with Gasteiger partial charge in [0.2, 0.25) is 6.79 Å². The summed E-state index contributed by atoms with van der Waals surface area (Å²) in [5.41, 5.74) is 2.09. The molecule has 0 radical (unpaired) electrons. The molecule has 0 saturated carbocycles. The van der Waals surface area contributed by atoms with Gasteiger partial charge in [-0.15, -0.1) is 0 Å². The Morgan fingerprint density at radius 1 is 1.00 bits per heavy atom. The third kappa shape index (κ3) is 2.65. The zero-order valence-corrected chi connectivity index (χ0v) is 14.3. The highest BCUT2D eigenvalue weighted by Gasteiger charge is 2.30. The number of para-hydroxylation sites is 1. The number of aromatic nitrogens is 1. The summed E-state index contributed by atoms with van der Waals surface area (Å²) in [4.78, 5) is 6.92. The molecule has 1 fully saturated rings. The van der Waals surface area contributed by atoms with Crippen molar-refractivity contribution in [3.8, 4) is 11.5 Å². The quantitative estimate of drug-likeness (QED) is 0.770. The van der Waals surface area contributed by atoms with E-state index < -0.39 is 6.10 Å². The first-order valence-electron chi connectivity index (χ1n) is 8.96. The molecule has 2 aliphatic rings. The third-order valence-electron chi connectivity index (χ3n) is 5.31. The van der Waals surface area contributed by atoms with Crippen molar-refractivity contribution in [3.05, 3.63) is 60.2 Å². The molecule has 0 unspecified atom stereocenters. The second-order valence-electron chi connectivity index (χ2n) is 6.88. The van der Waals surface area contributed by atoms with E-state index in [1.165, 1.54) is 0 Å². The van der Waals surface area contributed by atoms with Crippen LogP contribution in [0.15, 0.2) is 54.6 Å². The molecule has 2 aromatic carbocycles. The Morgan fingerprint density at radius 3 is 2.81 bits per heavy atom. The van der Waals surface area contributed by atoms with Gasteiger partial charge in [-0.05, 0) is 42.3 Å². The molecule has 5 nitrogen and oxygen atoms in total. The molecule has 26 heavy (non-hydrogen) atoms. The molecular weight excluding hydrogens is 328 g/mol. The van der Waals surface area contributed by atoms with Crippen LogP contribution in [0.4, 0.5) is 5.82 Å². The summed E-state index contributed by atoms with van der Waals surface area (Å²) in [5.74, 6) is 2.57. The Hall–Kier alpha value is -2.79. The van der Waals surface area contributed by atoms with Crippen LogP contribution in [-0.4, -0.2) is 36.1 Å². The molecule has 3 heterocycles. The van der Waals surface area contributed by atoms with Gasteiger partial charge >= 0.3 is 0 Å². The second kappa shape index (κ2) is 6.18. The first-order chi connectivity index (χ1) is 12.8. The van der Waals surface area contributed by atoms with Crippen molar-refractivity contribution in [1.29, 1.82) is 0 Å². The van der Waals surface area contributed by atoms with Crippen molar-refractivity contribution in [1.82, 2.24) is 4.98 Å². The molecule has 132 valence electrons. The Balaban J connectivity index is 1.36. The van der Waals surface area contributed by atoms with Crippen molar-refractivity contribution in [2.24, 2.45) is 0 Å². The second-order valence-corrected chi connectivity index (χ2v) is 6.88. The van der Waals surface area contributed by atoms with Crippen molar-refractivity contribution >= 4 is 16.7 Å².